The number of aromatic hydroxyl groups is 1. The Kier molecular flexibility index (Phi) is 5.70. The van der Waals surface area contributed by atoms with Crippen LogP contribution in [0.25, 0.3) is 10.8 Å². The summed E-state index contributed by atoms with van der Waals surface area (Å²) in [4.78, 5) is 4.50. The van der Waals surface area contributed by atoms with Crippen LogP contribution in [0, 0.1) is 0 Å². The second-order valence-corrected chi connectivity index (χ2v) is 8.42. The Morgan fingerprint density at radius 1 is 1.19 bits per heavy atom. The molecule has 2 aromatic carbocycles. The maximum Gasteiger partial charge on any atom is 0.573 e. The minimum Gasteiger partial charge on any atom is -0.494 e. The number of likely N-dealkylation sites (N-methyl/N-ethyl adjacent to an activating group) is 1. The van der Waals surface area contributed by atoms with Crippen molar-refractivity contribution >= 4 is 28.1 Å². The standard InChI is InChI=1S/C22H23ClF3N3O2/c1-27(2)16-7-8-28(13-16)17-9-15-12-29(21(30)20(15)19(23)10-17)11-14-3-5-18(6-4-14)31-22(24,25)26/h3-6,9-10,12,16,30H,7-8,11,13H2,1-2H3/t16-/m0/s1. The average molecular weight is 454 g/mol. The summed E-state index contributed by atoms with van der Waals surface area (Å²) < 4.78 is 42.5. The summed E-state index contributed by atoms with van der Waals surface area (Å²) in [6.07, 6.45) is -1.85. The van der Waals surface area contributed by atoms with Crippen LogP contribution < -0.4 is 9.64 Å². The Balaban J connectivity index is 1.57. The molecule has 1 N–H and O–H groups in total. The molecule has 1 aliphatic rings. The van der Waals surface area contributed by atoms with Crippen molar-refractivity contribution in [2.24, 2.45) is 0 Å². The third kappa shape index (κ3) is 4.70. The summed E-state index contributed by atoms with van der Waals surface area (Å²) in [5.74, 6) is -0.262. The lowest BCUT2D eigenvalue weighted by Crippen LogP contribution is -2.31. The van der Waals surface area contributed by atoms with E-state index in [0.29, 0.717) is 16.5 Å². The predicted octanol–water partition coefficient (Wildman–Crippen LogP) is 5.09. The van der Waals surface area contributed by atoms with E-state index >= 15 is 0 Å². The van der Waals surface area contributed by atoms with Crippen molar-refractivity contribution < 1.29 is 23.0 Å². The number of hydrogen-bond acceptors (Lipinski definition) is 4. The van der Waals surface area contributed by atoms with Crippen molar-refractivity contribution in [3.63, 3.8) is 0 Å². The molecule has 0 saturated carbocycles. The number of halogens is 4. The highest BCUT2D eigenvalue weighted by molar-refractivity contribution is 6.36. The summed E-state index contributed by atoms with van der Waals surface area (Å²) in [6.45, 7) is 2.13. The Bertz CT molecular complexity index is 1080. The first-order chi connectivity index (χ1) is 14.6. The van der Waals surface area contributed by atoms with Crippen molar-refractivity contribution in [3.05, 3.63) is 53.2 Å². The lowest BCUT2D eigenvalue weighted by atomic mass is 10.2. The normalized spacial score (nSPS) is 17.1. The molecule has 2 heterocycles. The molecular formula is C22H23ClF3N3O2. The van der Waals surface area contributed by atoms with Crippen molar-refractivity contribution in [1.82, 2.24) is 9.47 Å². The number of aromatic nitrogens is 1. The van der Waals surface area contributed by atoms with Crippen molar-refractivity contribution in [3.8, 4) is 11.6 Å². The molecule has 4 rings (SSSR count). The summed E-state index contributed by atoms with van der Waals surface area (Å²) in [5.41, 5.74) is 1.72. The second kappa shape index (κ2) is 8.16. The van der Waals surface area contributed by atoms with Gasteiger partial charge in [0, 0.05) is 36.4 Å². The van der Waals surface area contributed by atoms with Gasteiger partial charge in [0.15, 0.2) is 0 Å². The van der Waals surface area contributed by atoms with Crippen molar-refractivity contribution in [2.45, 2.75) is 25.4 Å². The highest BCUT2D eigenvalue weighted by Gasteiger charge is 2.31. The van der Waals surface area contributed by atoms with E-state index in [9.17, 15) is 18.3 Å². The van der Waals surface area contributed by atoms with Crippen LogP contribution in [0.3, 0.4) is 0 Å². The van der Waals surface area contributed by atoms with Gasteiger partial charge in [-0.05, 0) is 50.3 Å². The molecule has 9 heteroatoms. The van der Waals surface area contributed by atoms with Crippen molar-refractivity contribution in [1.29, 1.82) is 0 Å². The Morgan fingerprint density at radius 3 is 2.52 bits per heavy atom. The lowest BCUT2D eigenvalue weighted by Gasteiger charge is -2.22. The number of hydrogen-bond donors (Lipinski definition) is 1. The highest BCUT2D eigenvalue weighted by atomic mass is 35.5. The Morgan fingerprint density at radius 2 is 1.90 bits per heavy atom. The molecule has 1 saturated heterocycles. The number of benzene rings is 2. The molecule has 31 heavy (non-hydrogen) atoms. The van der Waals surface area contributed by atoms with Crippen LogP contribution in [0.5, 0.6) is 11.6 Å². The van der Waals surface area contributed by atoms with Gasteiger partial charge in [0.2, 0.25) is 5.88 Å². The van der Waals surface area contributed by atoms with Crippen LogP contribution in [0.1, 0.15) is 12.0 Å². The van der Waals surface area contributed by atoms with E-state index < -0.39 is 6.36 Å². The largest absolute Gasteiger partial charge is 0.573 e. The van der Waals surface area contributed by atoms with Crippen LogP contribution in [0.2, 0.25) is 5.02 Å². The number of anilines is 1. The summed E-state index contributed by atoms with van der Waals surface area (Å²) in [6, 6.07) is 9.93. The molecule has 0 bridgehead atoms. The van der Waals surface area contributed by atoms with Gasteiger partial charge in [-0.3, -0.25) is 0 Å². The smallest absolute Gasteiger partial charge is 0.494 e. The van der Waals surface area contributed by atoms with E-state index in [4.69, 9.17) is 11.6 Å². The average Bonchev–Trinajstić information content (AvgIpc) is 3.28. The highest BCUT2D eigenvalue weighted by Crippen LogP contribution is 2.38. The van der Waals surface area contributed by atoms with Gasteiger partial charge in [-0.1, -0.05) is 23.7 Å². The molecule has 0 unspecified atom stereocenters. The molecule has 1 atom stereocenters. The van der Waals surface area contributed by atoms with Crippen LogP contribution in [0.15, 0.2) is 42.6 Å². The molecule has 0 spiro atoms. The first kappa shape index (κ1) is 21.6. The first-order valence-corrected chi connectivity index (χ1v) is 10.3. The van der Waals surface area contributed by atoms with Gasteiger partial charge in [-0.2, -0.15) is 0 Å². The zero-order valence-electron chi connectivity index (χ0n) is 17.2. The molecule has 0 aliphatic carbocycles. The molecule has 3 aromatic rings. The number of rotatable bonds is 5. The molecule has 0 amide bonds. The number of nitrogens with zero attached hydrogens (tertiary/aromatic N) is 3. The van der Waals surface area contributed by atoms with Gasteiger partial charge in [0.25, 0.3) is 0 Å². The fourth-order valence-electron chi connectivity index (χ4n) is 4.02. The third-order valence-corrected chi connectivity index (χ3v) is 5.96. The van der Waals surface area contributed by atoms with Gasteiger partial charge >= 0.3 is 6.36 Å². The SMILES string of the molecule is CN(C)[C@H]1CCN(c2cc(Cl)c3c(O)n(Cc4ccc(OC(F)(F)F)cc4)cc3c2)C1. The van der Waals surface area contributed by atoms with E-state index in [2.05, 4.69) is 28.6 Å². The van der Waals surface area contributed by atoms with Gasteiger partial charge in [-0.15, -0.1) is 13.2 Å². The quantitative estimate of drug-likeness (QED) is 0.584. The van der Waals surface area contributed by atoms with Gasteiger partial charge < -0.3 is 24.2 Å². The fourth-order valence-corrected chi connectivity index (χ4v) is 4.32. The van der Waals surface area contributed by atoms with E-state index in [1.54, 1.807) is 10.8 Å². The minimum atomic E-state index is -4.73. The molecule has 166 valence electrons. The molecule has 0 radical (unpaired) electrons. The number of fused-ring (bicyclic) bond motifs is 1. The monoisotopic (exact) mass is 453 g/mol. The number of alkyl halides is 3. The Hall–Kier alpha value is -2.58. The summed E-state index contributed by atoms with van der Waals surface area (Å²) in [7, 11) is 4.15. The predicted molar refractivity (Wildman–Crippen MR) is 115 cm³/mol. The molecular weight excluding hydrogens is 431 g/mol. The van der Waals surface area contributed by atoms with E-state index in [-0.39, 0.29) is 18.2 Å². The third-order valence-electron chi connectivity index (χ3n) is 5.66. The molecule has 1 aromatic heterocycles. The van der Waals surface area contributed by atoms with Gasteiger partial charge in [-0.25, -0.2) is 0 Å². The molecule has 1 fully saturated rings. The topological polar surface area (TPSA) is 40.9 Å². The maximum atomic E-state index is 12.3. The summed E-state index contributed by atoms with van der Waals surface area (Å²) in [5, 5.41) is 12.5. The van der Waals surface area contributed by atoms with Gasteiger partial charge in [0.1, 0.15) is 5.75 Å². The maximum absolute atomic E-state index is 12.3. The van der Waals surface area contributed by atoms with Crippen LogP contribution in [-0.2, 0) is 6.54 Å². The van der Waals surface area contributed by atoms with Crippen LogP contribution in [0.4, 0.5) is 18.9 Å². The second-order valence-electron chi connectivity index (χ2n) is 8.02. The van der Waals surface area contributed by atoms with E-state index in [1.807, 2.05) is 12.1 Å². The van der Waals surface area contributed by atoms with Gasteiger partial charge in [0.05, 0.1) is 17.0 Å². The van der Waals surface area contributed by atoms with Crippen LogP contribution >= 0.6 is 11.6 Å². The zero-order chi connectivity index (χ0) is 22.3. The minimum absolute atomic E-state index is 0.0229. The van der Waals surface area contributed by atoms with Crippen LogP contribution in [-0.4, -0.2) is 54.2 Å². The zero-order valence-corrected chi connectivity index (χ0v) is 17.9. The summed E-state index contributed by atoms with van der Waals surface area (Å²) >= 11 is 6.51. The first-order valence-electron chi connectivity index (χ1n) is 9.88. The van der Waals surface area contributed by atoms with E-state index in [1.165, 1.54) is 24.3 Å². The van der Waals surface area contributed by atoms with E-state index in [0.717, 1.165) is 36.1 Å². The number of ether oxygens (including phenoxy) is 1. The Labute approximate surface area is 183 Å². The molecule has 1 aliphatic heterocycles. The fraction of sp³-hybridized carbons (Fsp3) is 0.364. The molecule has 5 nitrogen and oxygen atoms in total. The van der Waals surface area contributed by atoms with Crippen molar-refractivity contribution in [2.75, 3.05) is 32.1 Å². The lowest BCUT2D eigenvalue weighted by molar-refractivity contribution is -0.274.